The largest absolute Gasteiger partial charge is 0.393 e. The van der Waals surface area contributed by atoms with E-state index in [2.05, 4.69) is 24.7 Å². The Bertz CT molecular complexity index is 1120. The zero-order valence-electron chi connectivity index (χ0n) is 26.3. The lowest BCUT2D eigenvalue weighted by atomic mass is 9.95. The van der Waals surface area contributed by atoms with Crippen molar-refractivity contribution >= 4 is 18.3 Å². The van der Waals surface area contributed by atoms with Gasteiger partial charge in [0.1, 0.15) is 5.69 Å². The van der Waals surface area contributed by atoms with Gasteiger partial charge in [0.05, 0.1) is 36.6 Å². The highest BCUT2D eigenvalue weighted by molar-refractivity contribution is 7.80. The minimum atomic E-state index is -0.670. The predicted molar refractivity (Wildman–Crippen MR) is 174 cm³/mol. The Kier molecular flexibility index (Phi) is 14.6. The molecule has 0 spiro atoms. The molecule has 4 rings (SSSR count). The quantitative estimate of drug-likeness (QED) is 0.119. The number of unbranched alkanes of at least 4 members (excludes halogenated alkanes) is 1. The first-order chi connectivity index (χ1) is 21.4. The van der Waals surface area contributed by atoms with Gasteiger partial charge >= 0.3 is 0 Å². The van der Waals surface area contributed by atoms with Crippen molar-refractivity contribution in [2.75, 3.05) is 0 Å². The second-order valence-corrected chi connectivity index (χ2v) is 12.9. The van der Waals surface area contributed by atoms with Gasteiger partial charge in [0.25, 0.3) is 0 Å². The maximum absolute atomic E-state index is 11.4. The monoisotopic (exact) mass is 629 g/mol. The molecule has 244 valence electrons. The number of hydrogen-bond donors (Lipinski definition) is 3. The Hall–Kier alpha value is -1.85. The first-order valence-corrected chi connectivity index (χ1v) is 17.0. The van der Waals surface area contributed by atoms with Gasteiger partial charge in [-0.25, -0.2) is 0 Å². The van der Waals surface area contributed by atoms with Gasteiger partial charge in [0.15, 0.2) is 12.6 Å². The van der Waals surface area contributed by atoms with E-state index >= 15 is 0 Å². The number of aliphatic hydroxyl groups excluding tert-OH is 2. The van der Waals surface area contributed by atoms with Crippen LogP contribution in [0.4, 0.5) is 5.69 Å². The smallest absolute Gasteiger partial charge is 0.186 e. The van der Waals surface area contributed by atoms with Gasteiger partial charge in [0, 0.05) is 28.9 Å². The van der Waals surface area contributed by atoms with E-state index in [1.165, 1.54) is 0 Å². The highest BCUT2D eigenvalue weighted by Crippen LogP contribution is 2.38. The molecule has 2 saturated heterocycles. The molecular weight excluding hydrogens is 578 g/mol. The van der Waals surface area contributed by atoms with Gasteiger partial charge in [-0.1, -0.05) is 57.0 Å². The van der Waals surface area contributed by atoms with Crippen molar-refractivity contribution in [1.82, 2.24) is 0 Å². The number of aliphatic hydroxyl groups is 2. The minimum absolute atomic E-state index is 0.00479. The predicted octanol–water partition coefficient (Wildman–Crippen LogP) is 8.47. The van der Waals surface area contributed by atoms with Crippen molar-refractivity contribution in [1.29, 1.82) is 0 Å². The number of benzene rings is 2. The summed E-state index contributed by atoms with van der Waals surface area (Å²) in [6.45, 7) is 4.16. The molecule has 2 fully saturated rings. The second-order valence-electron chi connectivity index (χ2n) is 12.4. The third kappa shape index (κ3) is 10.9. The molecule has 0 radical (unpaired) electrons. The Morgan fingerprint density at radius 3 is 1.98 bits per heavy atom. The van der Waals surface area contributed by atoms with Crippen molar-refractivity contribution < 1.29 is 29.2 Å². The lowest BCUT2D eigenvalue weighted by Crippen LogP contribution is -2.36. The molecule has 9 heteroatoms. The van der Waals surface area contributed by atoms with Crippen molar-refractivity contribution in [3.63, 3.8) is 0 Å². The van der Waals surface area contributed by atoms with E-state index in [-0.39, 0.29) is 30.5 Å². The van der Waals surface area contributed by atoms with Crippen molar-refractivity contribution in [3.8, 4) is 0 Å². The summed E-state index contributed by atoms with van der Waals surface area (Å²) in [6.07, 6.45) is 8.69. The lowest BCUT2D eigenvalue weighted by Gasteiger charge is -2.37. The number of nitroso groups, excluding NO2 is 1. The normalized spacial score (nSPS) is 27.1. The molecule has 2 heterocycles. The number of hydrogen-bond acceptors (Lipinski definition) is 9. The van der Waals surface area contributed by atoms with Crippen LogP contribution in [0.25, 0.3) is 0 Å². The average Bonchev–Trinajstić information content (AvgIpc) is 3.03. The first kappa shape index (κ1) is 35.0. The molecule has 2 aliphatic rings. The molecule has 2 aliphatic heterocycles. The molecule has 8 unspecified atom stereocenters. The minimum Gasteiger partial charge on any atom is -0.393 e. The summed E-state index contributed by atoms with van der Waals surface area (Å²) in [5, 5.41) is 24.2. The van der Waals surface area contributed by atoms with E-state index in [1.54, 1.807) is 12.1 Å². The van der Waals surface area contributed by atoms with Crippen LogP contribution in [0.1, 0.15) is 121 Å². The van der Waals surface area contributed by atoms with Gasteiger partial charge in [-0.2, -0.15) is 0 Å². The highest BCUT2D eigenvalue weighted by Gasteiger charge is 2.34. The molecule has 2 aromatic rings. The molecule has 0 saturated carbocycles. The average molecular weight is 630 g/mol. The molecular formula is C35H51NO7S. The van der Waals surface area contributed by atoms with Crippen LogP contribution in [-0.2, 0) is 18.9 Å². The van der Waals surface area contributed by atoms with E-state index in [1.807, 2.05) is 43.3 Å². The second kappa shape index (κ2) is 18.3. The lowest BCUT2D eigenvalue weighted by molar-refractivity contribution is -0.253. The Morgan fingerprint density at radius 1 is 0.773 bits per heavy atom. The summed E-state index contributed by atoms with van der Waals surface area (Å²) in [7, 11) is 0. The number of thiol groups is 1. The summed E-state index contributed by atoms with van der Waals surface area (Å²) in [4.78, 5) is 12.3. The molecule has 44 heavy (non-hydrogen) atoms. The zero-order chi connectivity index (χ0) is 31.3. The van der Waals surface area contributed by atoms with Crippen LogP contribution in [0.15, 0.2) is 58.6 Å². The van der Waals surface area contributed by atoms with E-state index in [4.69, 9.17) is 18.9 Å². The van der Waals surface area contributed by atoms with Crippen LogP contribution >= 0.6 is 12.6 Å². The van der Waals surface area contributed by atoms with E-state index in [9.17, 15) is 15.1 Å². The maximum atomic E-state index is 11.4. The zero-order valence-corrected chi connectivity index (χ0v) is 27.2. The third-order valence-electron chi connectivity index (χ3n) is 8.78. The number of ether oxygens (including phenoxy) is 4. The summed E-state index contributed by atoms with van der Waals surface area (Å²) in [6, 6.07) is 15.0. The fraction of sp³-hybridized carbons (Fsp3) is 0.657. The molecule has 0 aromatic heterocycles. The summed E-state index contributed by atoms with van der Waals surface area (Å²) in [5.74, 6) is 0. The molecule has 8 atom stereocenters. The third-order valence-corrected chi connectivity index (χ3v) is 9.08. The van der Waals surface area contributed by atoms with Crippen LogP contribution in [0, 0.1) is 4.91 Å². The fourth-order valence-electron chi connectivity index (χ4n) is 6.21. The number of rotatable bonds is 17. The Labute approximate surface area is 268 Å². The summed E-state index contributed by atoms with van der Waals surface area (Å²) < 4.78 is 25.3. The van der Waals surface area contributed by atoms with Gasteiger partial charge in [-0.15, -0.1) is 17.5 Å². The molecule has 0 aliphatic carbocycles. The van der Waals surface area contributed by atoms with Crippen LogP contribution in [0.2, 0.25) is 0 Å². The van der Waals surface area contributed by atoms with Crippen LogP contribution < -0.4 is 0 Å². The van der Waals surface area contributed by atoms with Gasteiger partial charge in [-0.3, -0.25) is 0 Å². The van der Waals surface area contributed by atoms with Crippen molar-refractivity contribution in [2.45, 2.75) is 151 Å². The molecule has 8 nitrogen and oxygen atoms in total. The molecule has 0 bridgehead atoms. The van der Waals surface area contributed by atoms with Gasteiger partial charge < -0.3 is 29.2 Å². The maximum Gasteiger partial charge on any atom is 0.186 e. The van der Waals surface area contributed by atoms with Crippen LogP contribution in [0.5, 0.6) is 0 Å². The van der Waals surface area contributed by atoms with Crippen molar-refractivity contribution in [3.05, 3.63) is 64.6 Å². The highest BCUT2D eigenvalue weighted by atomic mass is 32.1. The van der Waals surface area contributed by atoms with Crippen LogP contribution in [-0.4, -0.2) is 46.8 Å². The van der Waals surface area contributed by atoms with E-state index in [0.29, 0.717) is 30.5 Å². The van der Waals surface area contributed by atoms with E-state index in [0.717, 1.165) is 74.7 Å². The van der Waals surface area contributed by atoms with Gasteiger partial charge in [-0.05, 0) is 81.2 Å². The van der Waals surface area contributed by atoms with Crippen molar-refractivity contribution in [2.24, 2.45) is 5.18 Å². The Morgan fingerprint density at radius 2 is 1.34 bits per heavy atom. The Balaban J connectivity index is 1.31. The molecule has 2 aromatic carbocycles. The molecule has 0 amide bonds. The summed E-state index contributed by atoms with van der Waals surface area (Å²) in [5.41, 5.74) is 1.93. The van der Waals surface area contributed by atoms with Crippen LogP contribution in [0.3, 0.4) is 0 Å². The summed E-state index contributed by atoms with van der Waals surface area (Å²) >= 11 is 4.41. The first-order valence-electron chi connectivity index (χ1n) is 16.6. The standard InChI is InChI=1S/C35H51NO7S/c1-3-5-12-27-23-30(43-35(42-27)32-15-6-7-16-33(32)36-39)21-26(38)11-9-14-29-22-28(13-8-10-25(37)4-2)40-34(41-29)24-17-19-31(44)20-18-24/h6-7,15-20,25-30,34-35,37-38,44H,3-5,8-14,21-23H2,1-2H3. The van der Waals surface area contributed by atoms with E-state index < -0.39 is 18.7 Å². The topological polar surface area (TPSA) is 107 Å². The molecule has 2 N–H and O–H groups in total. The van der Waals surface area contributed by atoms with Gasteiger partial charge in [0.2, 0.25) is 0 Å². The number of nitrogens with zero attached hydrogens (tertiary/aromatic N) is 1. The SMILES string of the molecule is CCCCC1CC(CC(O)CCCC2CC(CCCC(O)CC)OC(c3ccc(S)cc3)O2)OC(c2ccccc2N=O)O1. The fourth-order valence-corrected chi connectivity index (χ4v) is 6.36.